The summed E-state index contributed by atoms with van der Waals surface area (Å²) in [6.45, 7) is 4.88. The second-order valence-corrected chi connectivity index (χ2v) is 5.54. The molecule has 0 bridgehead atoms. The topological polar surface area (TPSA) is 54.2 Å². The minimum Gasteiger partial charge on any atom is -0.356 e. The Hall–Kier alpha value is -1.57. The highest BCUT2D eigenvalue weighted by molar-refractivity contribution is 14.0. The average molecular weight is 441 g/mol. The number of halogens is 1. The lowest BCUT2D eigenvalue weighted by atomic mass is 10.1. The van der Waals surface area contributed by atoms with Crippen LogP contribution in [-0.4, -0.2) is 35.6 Å². The first kappa shape index (κ1) is 20.5. The van der Waals surface area contributed by atoms with E-state index in [1.165, 1.54) is 5.56 Å². The minimum atomic E-state index is 0. The fraction of sp³-hybridized carbons (Fsp3) is 0.444. The lowest BCUT2D eigenvalue weighted by molar-refractivity contribution is 0.588. The number of guanidine groups is 1. The van der Waals surface area contributed by atoms with E-state index in [4.69, 9.17) is 0 Å². The summed E-state index contributed by atoms with van der Waals surface area (Å²) in [6.07, 6.45) is 7.13. The van der Waals surface area contributed by atoms with Crippen molar-refractivity contribution in [2.45, 2.75) is 32.7 Å². The number of hydrogen-bond acceptors (Lipinski definition) is 2. The van der Waals surface area contributed by atoms with Gasteiger partial charge in [-0.2, -0.15) is 0 Å². The highest BCUT2D eigenvalue weighted by Gasteiger charge is 1.99. The van der Waals surface area contributed by atoms with Crippen LogP contribution >= 0.6 is 24.0 Å². The Labute approximate surface area is 162 Å². The van der Waals surface area contributed by atoms with Crippen LogP contribution in [0, 0.1) is 6.92 Å². The fourth-order valence-corrected chi connectivity index (χ4v) is 2.44. The number of nitrogens with zero attached hydrogens (tertiary/aromatic N) is 3. The van der Waals surface area contributed by atoms with Crippen molar-refractivity contribution < 1.29 is 0 Å². The standard InChI is InChI=1S/C18H27N5.HI/c1-16-20-13-15-23(16)14-7-6-11-21-18(19-2)22-12-10-17-8-4-3-5-9-17;/h3-5,8-9,13,15H,6-7,10-12,14H2,1-2H3,(H2,19,21,22);1H. The zero-order chi connectivity index (χ0) is 16.3. The summed E-state index contributed by atoms with van der Waals surface area (Å²) < 4.78 is 2.19. The monoisotopic (exact) mass is 441 g/mol. The summed E-state index contributed by atoms with van der Waals surface area (Å²) in [5.74, 6) is 1.95. The van der Waals surface area contributed by atoms with E-state index in [0.717, 1.165) is 50.7 Å². The molecule has 0 amide bonds. The molecule has 0 radical (unpaired) electrons. The summed E-state index contributed by atoms with van der Waals surface area (Å²) in [6, 6.07) is 10.5. The second kappa shape index (κ2) is 11.9. The SMILES string of the molecule is CN=C(NCCCCn1ccnc1C)NCCc1ccccc1.I. The molecule has 0 fully saturated rings. The molecule has 0 aliphatic carbocycles. The largest absolute Gasteiger partial charge is 0.356 e. The maximum atomic E-state index is 4.26. The first-order valence-electron chi connectivity index (χ1n) is 8.26. The van der Waals surface area contributed by atoms with Gasteiger partial charge in [0.1, 0.15) is 5.82 Å². The number of hydrogen-bond donors (Lipinski definition) is 2. The van der Waals surface area contributed by atoms with Crippen molar-refractivity contribution in [1.29, 1.82) is 0 Å². The van der Waals surface area contributed by atoms with Crippen molar-refractivity contribution >= 4 is 29.9 Å². The molecule has 0 unspecified atom stereocenters. The second-order valence-electron chi connectivity index (χ2n) is 5.54. The molecule has 0 aliphatic heterocycles. The molecule has 1 aromatic heterocycles. The number of benzene rings is 1. The molecule has 2 aromatic rings. The Morgan fingerprint density at radius 1 is 1.12 bits per heavy atom. The van der Waals surface area contributed by atoms with Gasteiger partial charge in [0.2, 0.25) is 0 Å². The van der Waals surface area contributed by atoms with Crippen molar-refractivity contribution in [2.24, 2.45) is 4.99 Å². The molecule has 0 atom stereocenters. The number of unbranched alkanes of at least 4 members (excludes halogenated alkanes) is 1. The van der Waals surface area contributed by atoms with Crippen LogP contribution in [0.3, 0.4) is 0 Å². The number of imidazole rings is 1. The van der Waals surface area contributed by atoms with Crippen molar-refractivity contribution in [3.05, 3.63) is 54.1 Å². The molecule has 2 N–H and O–H groups in total. The molecule has 24 heavy (non-hydrogen) atoms. The Morgan fingerprint density at radius 2 is 1.88 bits per heavy atom. The van der Waals surface area contributed by atoms with Crippen molar-refractivity contribution in [3.8, 4) is 0 Å². The van der Waals surface area contributed by atoms with E-state index >= 15 is 0 Å². The lowest BCUT2D eigenvalue weighted by Crippen LogP contribution is -2.38. The van der Waals surface area contributed by atoms with E-state index in [9.17, 15) is 0 Å². The van der Waals surface area contributed by atoms with Gasteiger partial charge in [0.05, 0.1) is 0 Å². The van der Waals surface area contributed by atoms with Crippen LogP contribution in [0.25, 0.3) is 0 Å². The van der Waals surface area contributed by atoms with Crippen LogP contribution in [0.15, 0.2) is 47.7 Å². The highest BCUT2D eigenvalue weighted by atomic mass is 127. The van der Waals surface area contributed by atoms with Crippen molar-refractivity contribution in [1.82, 2.24) is 20.2 Å². The molecule has 0 saturated carbocycles. The van der Waals surface area contributed by atoms with E-state index in [1.54, 1.807) is 0 Å². The summed E-state index contributed by atoms with van der Waals surface area (Å²) in [5.41, 5.74) is 1.34. The molecule has 0 aliphatic rings. The predicted octanol–water partition coefficient (Wildman–Crippen LogP) is 3.00. The van der Waals surface area contributed by atoms with Crippen LogP contribution in [-0.2, 0) is 13.0 Å². The normalized spacial score (nSPS) is 11.0. The Balaban J connectivity index is 0.00000288. The maximum Gasteiger partial charge on any atom is 0.190 e. The first-order valence-corrected chi connectivity index (χ1v) is 8.26. The predicted molar refractivity (Wildman–Crippen MR) is 111 cm³/mol. The van der Waals surface area contributed by atoms with Gasteiger partial charge in [-0.25, -0.2) is 4.98 Å². The van der Waals surface area contributed by atoms with Crippen LogP contribution < -0.4 is 10.6 Å². The van der Waals surface area contributed by atoms with E-state index in [-0.39, 0.29) is 24.0 Å². The van der Waals surface area contributed by atoms with E-state index in [0.29, 0.717) is 0 Å². The van der Waals surface area contributed by atoms with E-state index in [1.807, 2.05) is 32.4 Å². The smallest absolute Gasteiger partial charge is 0.190 e. The van der Waals surface area contributed by atoms with Crippen LogP contribution in [0.5, 0.6) is 0 Å². The molecule has 5 nitrogen and oxygen atoms in total. The number of aliphatic imine (C=N–C) groups is 1. The van der Waals surface area contributed by atoms with Gasteiger partial charge in [0.25, 0.3) is 0 Å². The average Bonchev–Trinajstić information content (AvgIpc) is 2.99. The van der Waals surface area contributed by atoms with Crippen molar-refractivity contribution in [3.63, 3.8) is 0 Å². The fourth-order valence-electron chi connectivity index (χ4n) is 2.44. The molecule has 1 heterocycles. The molecule has 0 spiro atoms. The van der Waals surface area contributed by atoms with E-state index < -0.39 is 0 Å². The highest BCUT2D eigenvalue weighted by Crippen LogP contribution is 1.99. The van der Waals surface area contributed by atoms with Gasteiger partial charge in [-0.05, 0) is 31.7 Å². The van der Waals surface area contributed by atoms with Crippen LogP contribution in [0.2, 0.25) is 0 Å². The molecule has 1 aromatic carbocycles. The third-order valence-corrected chi connectivity index (χ3v) is 3.81. The number of aryl methyl sites for hydroxylation is 2. The summed E-state index contributed by atoms with van der Waals surface area (Å²) >= 11 is 0. The van der Waals surface area contributed by atoms with Gasteiger partial charge < -0.3 is 15.2 Å². The zero-order valence-electron chi connectivity index (χ0n) is 14.5. The Morgan fingerprint density at radius 3 is 2.54 bits per heavy atom. The zero-order valence-corrected chi connectivity index (χ0v) is 16.9. The Bertz CT molecular complexity index is 594. The van der Waals surface area contributed by atoms with Gasteiger partial charge in [0.15, 0.2) is 5.96 Å². The summed E-state index contributed by atoms with van der Waals surface area (Å²) in [5, 5.41) is 6.72. The molecule has 2 rings (SSSR count). The van der Waals surface area contributed by atoms with Gasteiger partial charge in [-0.1, -0.05) is 30.3 Å². The Kier molecular flexibility index (Phi) is 10.1. The van der Waals surface area contributed by atoms with E-state index in [2.05, 4.69) is 49.4 Å². The third kappa shape index (κ3) is 7.33. The summed E-state index contributed by atoms with van der Waals surface area (Å²) in [7, 11) is 1.81. The molecular weight excluding hydrogens is 413 g/mol. The van der Waals surface area contributed by atoms with Crippen molar-refractivity contribution in [2.75, 3.05) is 20.1 Å². The van der Waals surface area contributed by atoms with Crippen LogP contribution in [0.4, 0.5) is 0 Å². The third-order valence-electron chi connectivity index (χ3n) is 3.81. The van der Waals surface area contributed by atoms with Gasteiger partial charge in [-0.15, -0.1) is 24.0 Å². The number of nitrogens with one attached hydrogen (secondary N) is 2. The molecular formula is C18H28IN5. The lowest BCUT2D eigenvalue weighted by Gasteiger charge is -2.12. The molecule has 6 heteroatoms. The molecule has 132 valence electrons. The minimum absolute atomic E-state index is 0. The molecule has 0 saturated heterocycles. The number of rotatable bonds is 8. The maximum absolute atomic E-state index is 4.26. The van der Waals surface area contributed by atoms with Gasteiger partial charge in [0, 0.05) is 39.1 Å². The van der Waals surface area contributed by atoms with Crippen LogP contribution in [0.1, 0.15) is 24.2 Å². The quantitative estimate of drug-likeness (QED) is 0.287. The van der Waals surface area contributed by atoms with Gasteiger partial charge in [-0.3, -0.25) is 4.99 Å². The summed E-state index contributed by atoms with van der Waals surface area (Å²) in [4.78, 5) is 8.49. The number of aromatic nitrogens is 2. The first-order chi connectivity index (χ1) is 11.3. The van der Waals surface area contributed by atoms with Gasteiger partial charge >= 0.3 is 0 Å².